The van der Waals surface area contributed by atoms with Crippen LogP contribution in [-0.4, -0.2) is 30.8 Å². The van der Waals surface area contributed by atoms with Crippen LogP contribution in [0.2, 0.25) is 0 Å². The van der Waals surface area contributed by atoms with E-state index in [1.54, 1.807) is 24.3 Å². The number of fused-ring (bicyclic) bond motifs is 1. The van der Waals surface area contributed by atoms with Gasteiger partial charge in [0.25, 0.3) is 0 Å². The number of nitrogens with zero attached hydrogens (tertiary/aromatic N) is 1. The van der Waals surface area contributed by atoms with Crippen LogP contribution in [0.25, 0.3) is 0 Å². The Hall–Kier alpha value is -2.70. The number of rotatable bonds is 5. The van der Waals surface area contributed by atoms with Gasteiger partial charge in [-0.1, -0.05) is 5.16 Å². The third-order valence-corrected chi connectivity index (χ3v) is 3.11. The molecule has 7 heteroatoms. The molecule has 0 bridgehead atoms. The molecular weight excluding hydrogens is 286 g/mol. The second-order valence-corrected chi connectivity index (χ2v) is 4.91. The van der Waals surface area contributed by atoms with E-state index in [1.807, 2.05) is 6.92 Å². The molecule has 1 aliphatic heterocycles. The first-order valence-electron chi connectivity index (χ1n) is 7.07. The number of aryl methyl sites for hydroxylation is 1. The molecule has 116 valence electrons. The lowest BCUT2D eigenvalue weighted by molar-refractivity contribution is -0.115. The molecule has 0 spiro atoms. The Morgan fingerprint density at radius 3 is 2.82 bits per heavy atom. The number of carbonyl (C=O) groups is 1. The zero-order chi connectivity index (χ0) is 15.4. The highest BCUT2D eigenvalue weighted by atomic mass is 16.6. The molecule has 0 unspecified atom stereocenters. The van der Waals surface area contributed by atoms with Crippen LogP contribution in [0.5, 0.6) is 11.5 Å². The zero-order valence-electron chi connectivity index (χ0n) is 12.2. The predicted octanol–water partition coefficient (Wildman–Crippen LogP) is 2.19. The average Bonchev–Trinajstić information content (AvgIpc) is 2.92. The molecule has 0 aliphatic carbocycles. The summed E-state index contributed by atoms with van der Waals surface area (Å²) < 4.78 is 15.8. The van der Waals surface area contributed by atoms with Crippen molar-refractivity contribution in [2.75, 3.05) is 30.4 Å². The molecule has 0 saturated heterocycles. The Morgan fingerprint density at radius 1 is 1.23 bits per heavy atom. The molecule has 2 N–H and O–H groups in total. The second-order valence-electron chi connectivity index (χ2n) is 4.91. The average molecular weight is 303 g/mol. The van der Waals surface area contributed by atoms with Crippen LogP contribution in [0.15, 0.2) is 28.8 Å². The van der Waals surface area contributed by atoms with E-state index in [0.717, 1.165) is 5.76 Å². The molecule has 0 radical (unpaired) electrons. The first-order chi connectivity index (χ1) is 10.7. The fourth-order valence-corrected chi connectivity index (χ4v) is 2.10. The fraction of sp³-hybridized carbons (Fsp3) is 0.333. The third kappa shape index (κ3) is 3.49. The van der Waals surface area contributed by atoms with Crippen molar-refractivity contribution in [3.05, 3.63) is 30.0 Å². The maximum atomic E-state index is 11.9. The molecule has 3 rings (SSSR count). The van der Waals surface area contributed by atoms with Gasteiger partial charge in [-0.3, -0.25) is 4.79 Å². The lowest BCUT2D eigenvalue weighted by Gasteiger charge is -2.19. The molecule has 1 amide bonds. The summed E-state index contributed by atoms with van der Waals surface area (Å²) in [6.45, 7) is 3.35. The topological polar surface area (TPSA) is 85.6 Å². The standard InChI is InChI=1S/C15H17N3O4/c1-10-8-14(18-22-10)16-5-4-15(19)17-11-2-3-12-13(9-11)21-7-6-20-12/h2-3,8-9H,4-7H2,1H3,(H,16,18)(H,17,19). The number of anilines is 2. The Morgan fingerprint density at radius 2 is 2.05 bits per heavy atom. The minimum atomic E-state index is -0.0932. The molecular formula is C15H17N3O4. The third-order valence-electron chi connectivity index (χ3n) is 3.11. The van der Waals surface area contributed by atoms with Crippen molar-refractivity contribution >= 4 is 17.4 Å². The minimum absolute atomic E-state index is 0.0932. The largest absolute Gasteiger partial charge is 0.486 e. The van der Waals surface area contributed by atoms with Crippen molar-refractivity contribution in [1.82, 2.24) is 5.16 Å². The molecule has 2 aromatic rings. The fourth-order valence-electron chi connectivity index (χ4n) is 2.10. The van der Waals surface area contributed by atoms with Crippen LogP contribution in [-0.2, 0) is 4.79 Å². The smallest absolute Gasteiger partial charge is 0.226 e. The number of hydrogen-bond donors (Lipinski definition) is 2. The number of hydrogen-bond acceptors (Lipinski definition) is 6. The van der Waals surface area contributed by atoms with E-state index in [-0.39, 0.29) is 5.91 Å². The van der Waals surface area contributed by atoms with Gasteiger partial charge in [-0.2, -0.15) is 0 Å². The van der Waals surface area contributed by atoms with Crippen LogP contribution in [0.4, 0.5) is 11.5 Å². The summed E-state index contributed by atoms with van der Waals surface area (Å²) in [6, 6.07) is 7.12. The Labute approximate surface area is 127 Å². The zero-order valence-corrected chi connectivity index (χ0v) is 12.2. The molecule has 0 saturated carbocycles. The van der Waals surface area contributed by atoms with Crippen molar-refractivity contribution in [3.8, 4) is 11.5 Å². The number of aromatic nitrogens is 1. The van der Waals surface area contributed by atoms with Crippen LogP contribution in [0.1, 0.15) is 12.2 Å². The number of carbonyl (C=O) groups excluding carboxylic acids is 1. The molecule has 0 fully saturated rings. The van der Waals surface area contributed by atoms with E-state index < -0.39 is 0 Å². The van der Waals surface area contributed by atoms with Crippen molar-refractivity contribution < 1.29 is 18.8 Å². The van der Waals surface area contributed by atoms with Crippen LogP contribution < -0.4 is 20.1 Å². The summed E-state index contributed by atoms with van der Waals surface area (Å²) in [5, 5.41) is 9.64. The van der Waals surface area contributed by atoms with Crippen molar-refractivity contribution in [2.24, 2.45) is 0 Å². The van der Waals surface area contributed by atoms with Crippen LogP contribution in [0, 0.1) is 6.92 Å². The summed E-state index contributed by atoms with van der Waals surface area (Å²) in [5.41, 5.74) is 0.687. The Kier molecular flexibility index (Phi) is 4.13. The summed E-state index contributed by atoms with van der Waals surface area (Å²) in [7, 11) is 0. The van der Waals surface area contributed by atoms with Gasteiger partial charge in [0.2, 0.25) is 5.91 Å². The normalized spacial score (nSPS) is 12.8. The number of nitrogens with one attached hydrogen (secondary N) is 2. The van der Waals surface area contributed by atoms with Gasteiger partial charge in [-0.05, 0) is 19.1 Å². The summed E-state index contributed by atoms with van der Waals surface area (Å²) in [4.78, 5) is 11.9. The summed E-state index contributed by atoms with van der Waals surface area (Å²) in [6.07, 6.45) is 0.320. The lowest BCUT2D eigenvalue weighted by atomic mass is 10.2. The van der Waals surface area contributed by atoms with Crippen LogP contribution >= 0.6 is 0 Å². The van der Waals surface area contributed by atoms with Gasteiger partial charge in [0.1, 0.15) is 19.0 Å². The quantitative estimate of drug-likeness (QED) is 0.880. The molecule has 2 heterocycles. The van der Waals surface area contributed by atoms with Crippen LogP contribution in [0.3, 0.4) is 0 Å². The number of benzene rings is 1. The first kappa shape index (κ1) is 14.2. The molecule has 0 atom stereocenters. The molecule has 22 heavy (non-hydrogen) atoms. The van der Waals surface area contributed by atoms with E-state index in [9.17, 15) is 4.79 Å². The van der Waals surface area contributed by atoms with E-state index in [4.69, 9.17) is 14.0 Å². The molecule has 1 aromatic heterocycles. The Balaban J connectivity index is 1.49. The van der Waals surface area contributed by atoms with E-state index in [2.05, 4.69) is 15.8 Å². The van der Waals surface area contributed by atoms with Gasteiger partial charge >= 0.3 is 0 Å². The molecule has 7 nitrogen and oxygen atoms in total. The van der Waals surface area contributed by atoms with Gasteiger partial charge in [0.15, 0.2) is 17.3 Å². The van der Waals surface area contributed by atoms with Gasteiger partial charge < -0.3 is 24.6 Å². The summed E-state index contributed by atoms with van der Waals surface area (Å²) in [5.74, 6) is 2.62. The SMILES string of the molecule is Cc1cc(NCCC(=O)Nc2ccc3c(c2)OCCO3)no1. The van der Waals surface area contributed by atoms with Crippen molar-refractivity contribution in [2.45, 2.75) is 13.3 Å². The highest BCUT2D eigenvalue weighted by Crippen LogP contribution is 2.32. The predicted molar refractivity (Wildman–Crippen MR) is 80.4 cm³/mol. The van der Waals surface area contributed by atoms with Gasteiger partial charge in [0.05, 0.1) is 0 Å². The van der Waals surface area contributed by atoms with Gasteiger partial charge in [0, 0.05) is 30.8 Å². The monoisotopic (exact) mass is 303 g/mol. The number of ether oxygens (including phenoxy) is 2. The second kappa shape index (κ2) is 6.38. The van der Waals surface area contributed by atoms with Crippen molar-refractivity contribution in [3.63, 3.8) is 0 Å². The van der Waals surface area contributed by atoms with Gasteiger partial charge in [-0.25, -0.2) is 0 Å². The van der Waals surface area contributed by atoms with E-state index in [1.165, 1.54) is 0 Å². The van der Waals surface area contributed by atoms with E-state index >= 15 is 0 Å². The maximum Gasteiger partial charge on any atom is 0.226 e. The highest BCUT2D eigenvalue weighted by Gasteiger charge is 2.12. The first-order valence-corrected chi connectivity index (χ1v) is 7.07. The van der Waals surface area contributed by atoms with E-state index in [0.29, 0.717) is 49.2 Å². The lowest BCUT2D eigenvalue weighted by Crippen LogP contribution is -2.18. The summed E-state index contributed by atoms with van der Waals surface area (Å²) >= 11 is 0. The Bertz CT molecular complexity index is 669. The highest BCUT2D eigenvalue weighted by molar-refractivity contribution is 5.91. The molecule has 1 aliphatic rings. The maximum absolute atomic E-state index is 11.9. The van der Waals surface area contributed by atoms with Gasteiger partial charge in [-0.15, -0.1) is 0 Å². The minimum Gasteiger partial charge on any atom is -0.486 e. The van der Waals surface area contributed by atoms with Crippen molar-refractivity contribution in [1.29, 1.82) is 0 Å². The number of amides is 1. The molecule has 1 aromatic carbocycles.